The van der Waals surface area contributed by atoms with Gasteiger partial charge in [-0.15, -0.1) is 0 Å². The molecule has 1 saturated heterocycles. The Morgan fingerprint density at radius 2 is 2.38 bits per heavy atom. The first-order valence-corrected chi connectivity index (χ1v) is 4.90. The van der Waals surface area contributed by atoms with Crippen molar-refractivity contribution < 1.29 is 0 Å². The van der Waals surface area contributed by atoms with E-state index >= 15 is 0 Å². The highest BCUT2D eigenvalue weighted by Gasteiger charge is 2.24. The molecule has 3 nitrogen and oxygen atoms in total. The van der Waals surface area contributed by atoms with Gasteiger partial charge in [-0.05, 0) is 25.8 Å². The SMILES string of the molecule is Cc1nn(C)cc1C1CC(C)CN1. The van der Waals surface area contributed by atoms with E-state index in [0.29, 0.717) is 6.04 Å². The molecule has 0 amide bonds. The van der Waals surface area contributed by atoms with Gasteiger partial charge in [-0.1, -0.05) is 6.92 Å². The van der Waals surface area contributed by atoms with E-state index < -0.39 is 0 Å². The van der Waals surface area contributed by atoms with Crippen molar-refractivity contribution >= 4 is 0 Å². The Morgan fingerprint density at radius 3 is 2.85 bits per heavy atom. The highest BCUT2D eigenvalue weighted by Crippen LogP contribution is 2.27. The molecular weight excluding hydrogens is 162 g/mol. The summed E-state index contributed by atoms with van der Waals surface area (Å²) in [7, 11) is 1.98. The highest BCUT2D eigenvalue weighted by molar-refractivity contribution is 5.21. The van der Waals surface area contributed by atoms with Crippen molar-refractivity contribution in [2.24, 2.45) is 13.0 Å². The van der Waals surface area contributed by atoms with Crippen molar-refractivity contribution in [2.45, 2.75) is 26.3 Å². The van der Waals surface area contributed by atoms with Gasteiger partial charge in [0.2, 0.25) is 0 Å². The molecule has 0 saturated carbocycles. The second-order valence-corrected chi connectivity index (χ2v) is 4.15. The molecule has 1 aromatic heterocycles. The van der Waals surface area contributed by atoms with Gasteiger partial charge in [-0.3, -0.25) is 4.68 Å². The van der Waals surface area contributed by atoms with Crippen molar-refractivity contribution in [1.29, 1.82) is 0 Å². The monoisotopic (exact) mass is 179 g/mol. The molecule has 0 spiro atoms. The molecule has 1 N–H and O–H groups in total. The minimum atomic E-state index is 0.531. The summed E-state index contributed by atoms with van der Waals surface area (Å²) in [5.41, 5.74) is 2.53. The maximum atomic E-state index is 4.36. The average molecular weight is 179 g/mol. The molecule has 0 aromatic carbocycles. The second kappa shape index (κ2) is 3.14. The Hall–Kier alpha value is -0.830. The van der Waals surface area contributed by atoms with Crippen molar-refractivity contribution in [3.63, 3.8) is 0 Å². The molecule has 0 aliphatic carbocycles. The van der Waals surface area contributed by atoms with Gasteiger partial charge in [0.05, 0.1) is 5.69 Å². The number of aryl methyl sites for hydroxylation is 2. The first-order chi connectivity index (χ1) is 6.16. The fourth-order valence-electron chi connectivity index (χ4n) is 2.11. The summed E-state index contributed by atoms with van der Waals surface area (Å²) in [4.78, 5) is 0. The molecular formula is C10H17N3. The van der Waals surface area contributed by atoms with Crippen LogP contribution in [0.3, 0.4) is 0 Å². The van der Waals surface area contributed by atoms with Crippen LogP contribution in [0, 0.1) is 12.8 Å². The van der Waals surface area contributed by atoms with Crippen LogP contribution in [-0.2, 0) is 7.05 Å². The predicted molar refractivity (Wildman–Crippen MR) is 52.5 cm³/mol. The van der Waals surface area contributed by atoms with Gasteiger partial charge < -0.3 is 5.32 Å². The molecule has 1 aliphatic heterocycles. The highest BCUT2D eigenvalue weighted by atomic mass is 15.3. The summed E-state index contributed by atoms with van der Waals surface area (Å²) in [6.45, 7) is 5.51. The van der Waals surface area contributed by atoms with Crippen LogP contribution in [0.1, 0.15) is 30.6 Å². The van der Waals surface area contributed by atoms with Crippen LogP contribution in [0.4, 0.5) is 0 Å². The molecule has 72 valence electrons. The predicted octanol–water partition coefficient (Wildman–Crippen LogP) is 1.40. The minimum Gasteiger partial charge on any atom is -0.310 e. The number of aromatic nitrogens is 2. The Morgan fingerprint density at radius 1 is 1.62 bits per heavy atom. The van der Waals surface area contributed by atoms with Gasteiger partial charge in [0.25, 0.3) is 0 Å². The van der Waals surface area contributed by atoms with Gasteiger partial charge in [-0.2, -0.15) is 5.10 Å². The molecule has 3 heteroatoms. The van der Waals surface area contributed by atoms with Gasteiger partial charge >= 0.3 is 0 Å². The van der Waals surface area contributed by atoms with Gasteiger partial charge in [0.15, 0.2) is 0 Å². The Labute approximate surface area is 79.1 Å². The lowest BCUT2D eigenvalue weighted by Gasteiger charge is -2.07. The van der Waals surface area contributed by atoms with Crippen LogP contribution >= 0.6 is 0 Å². The quantitative estimate of drug-likeness (QED) is 0.706. The third kappa shape index (κ3) is 1.61. The van der Waals surface area contributed by atoms with Gasteiger partial charge in [0.1, 0.15) is 0 Å². The Bertz CT molecular complexity index is 303. The fourth-order valence-corrected chi connectivity index (χ4v) is 2.11. The van der Waals surface area contributed by atoms with E-state index in [1.54, 1.807) is 0 Å². The summed E-state index contributed by atoms with van der Waals surface area (Å²) in [6, 6.07) is 0.531. The van der Waals surface area contributed by atoms with E-state index in [2.05, 4.69) is 30.5 Å². The summed E-state index contributed by atoms with van der Waals surface area (Å²) < 4.78 is 1.90. The first kappa shape index (κ1) is 8.75. The van der Waals surface area contributed by atoms with E-state index in [0.717, 1.165) is 18.2 Å². The van der Waals surface area contributed by atoms with Crippen molar-refractivity contribution in [3.05, 3.63) is 17.5 Å². The molecule has 2 heterocycles. The molecule has 1 aliphatic rings. The third-order valence-electron chi connectivity index (χ3n) is 2.78. The van der Waals surface area contributed by atoms with Gasteiger partial charge in [-0.25, -0.2) is 0 Å². The van der Waals surface area contributed by atoms with Gasteiger partial charge in [0, 0.05) is 24.8 Å². The van der Waals surface area contributed by atoms with E-state index in [9.17, 15) is 0 Å². The number of nitrogens with zero attached hydrogens (tertiary/aromatic N) is 2. The molecule has 13 heavy (non-hydrogen) atoms. The smallest absolute Gasteiger partial charge is 0.0641 e. The number of nitrogens with one attached hydrogen (secondary N) is 1. The van der Waals surface area contributed by atoms with Crippen molar-refractivity contribution in [3.8, 4) is 0 Å². The van der Waals surface area contributed by atoms with Crippen molar-refractivity contribution in [2.75, 3.05) is 6.54 Å². The maximum Gasteiger partial charge on any atom is 0.0641 e. The molecule has 0 radical (unpaired) electrons. The lowest BCUT2D eigenvalue weighted by atomic mass is 10.0. The molecule has 1 aromatic rings. The summed E-state index contributed by atoms with van der Waals surface area (Å²) in [5, 5.41) is 7.88. The standard InChI is InChI=1S/C10H17N3/c1-7-4-10(11-5-7)9-6-13(3)12-8(9)2/h6-7,10-11H,4-5H2,1-3H3. The summed E-state index contributed by atoms with van der Waals surface area (Å²) >= 11 is 0. The Kier molecular flexibility index (Phi) is 2.12. The number of rotatable bonds is 1. The van der Waals surface area contributed by atoms with Crippen molar-refractivity contribution in [1.82, 2.24) is 15.1 Å². The Balaban J connectivity index is 2.20. The maximum absolute atomic E-state index is 4.36. The zero-order valence-corrected chi connectivity index (χ0v) is 8.54. The van der Waals surface area contributed by atoms with E-state index in [1.807, 2.05) is 11.7 Å². The van der Waals surface area contributed by atoms with E-state index in [4.69, 9.17) is 0 Å². The van der Waals surface area contributed by atoms with E-state index in [-0.39, 0.29) is 0 Å². The third-order valence-corrected chi connectivity index (χ3v) is 2.78. The lowest BCUT2D eigenvalue weighted by Crippen LogP contribution is -2.13. The molecule has 2 rings (SSSR count). The normalized spacial score (nSPS) is 28.2. The van der Waals surface area contributed by atoms with Crippen LogP contribution in [0.15, 0.2) is 6.20 Å². The summed E-state index contributed by atoms with van der Waals surface area (Å²) in [6.07, 6.45) is 3.37. The number of hydrogen-bond donors (Lipinski definition) is 1. The zero-order chi connectivity index (χ0) is 9.42. The summed E-state index contributed by atoms with van der Waals surface area (Å²) in [5.74, 6) is 0.796. The van der Waals surface area contributed by atoms with Crippen LogP contribution in [0.2, 0.25) is 0 Å². The zero-order valence-electron chi connectivity index (χ0n) is 8.54. The molecule has 0 bridgehead atoms. The van der Waals surface area contributed by atoms with E-state index in [1.165, 1.54) is 12.0 Å². The molecule has 2 unspecified atom stereocenters. The first-order valence-electron chi connectivity index (χ1n) is 4.90. The van der Waals surface area contributed by atoms with Crippen LogP contribution in [0.5, 0.6) is 0 Å². The lowest BCUT2D eigenvalue weighted by molar-refractivity contribution is 0.609. The van der Waals surface area contributed by atoms with Crippen LogP contribution < -0.4 is 5.32 Å². The topological polar surface area (TPSA) is 29.9 Å². The molecule has 2 atom stereocenters. The second-order valence-electron chi connectivity index (χ2n) is 4.15. The minimum absolute atomic E-state index is 0.531. The largest absolute Gasteiger partial charge is 0.310 e. The number of hydrogen-bond acceptors (Lipinski definition) is 2. The van der Waals surface area contributed by atoms with Crippen LogP contribution in [0.25, 0.3) is 0 Å². The van der Waals surface area contributed by atoms with Crippen LogP contribution in [-0.4, -0.2) is 16.3 Å². The molecule has 1 fully saturated rings. The average Bonchev–Trinajstić information content (AvgIpc) is 2.58. The fraction of sp³-hybridized carbons (Fsp3) is 0.700.